The molecule has 100 valence electrons. The van der Waals surface area contributed by atoms with Crippen molar-refractivity contribution in [3.05, 3.63) is 29.3 Å². The molecule has 3 N–H and O–H groups in total. The van der Waals surface area contributed by atoms with Gasteiger partial charge in [0.1, 0.15) is 0 Å². The molecular formula is C14H23N3O. The highest BCUT2D eigenvalue weighted by Gasteiger charge is 2.16. The summed E-state index contributed by atoms with van der Waals surface area (Å²) in [5.41, 5.74) is 8.75. The van der Waals surface area contributed by atoms with Gasteiger partial charge in [0.15, 0.2) is 5.84 Å². The Labute approximate surface area is 109 Å². The van der Waals surface area contributed by atoms with Crippen LogP contribution in [0.3, 0.4) is 0 Å². The van der Waals surface area contributed by atoms with Gasteiger partial charge in [-0.25, -0.2) is 0 Å². The molecule has 0 atom stereocenters. The number of hydrogen-bond donors (Lipinski definition) is 2. The van der Waals surface area contributed by atoms with E-state index in [2.05, 4.69) is 30.8 Å². The van der Waals surface area contributed by atoms with Crippen LogP contribution in [0.15, 0.2) is 23.4 Å². The van der Waals surface area contributed by atoms with Gasteiger partial charge in [0.25, 0.3) is 0 Å². The minimum atomic E-state index is 0.163. The number of rotatable bonds is 5. The summed E-state index contributed by atoms with van der Waals surface area (Å²) in [6.07, 6.45) is 0. The van der Waals surface area contributed by atoms with E-state index < -0.39 is 0 Å². The Morgan fingerprint density at radius 1 is 1.44 bits per heavy atom. The van der Waals surface area contributed by atoms with Crippen LogP contribution in [-0.2, 0) is 0 Å². The number of benzene rings is 1. The largest absolute Gasteiger partial charge is 0.409 e. The molecule has 0 saturated heterocycles. The number of amidine groups is 1. The average Bonchev–Trinajstić information content (AvgIpc) is 2.34. The monoisotopic (exact) mass is 249 g/mol. The maximum absolute atomic E-state index is 8.88. The number of aryl methyl sites for hydroxylation is 1. The van der Waals surface area contributed by atoms with Gasteiger partial charge in [0, 0.05) is 18.7 Å². The predicted octanol–water partition coefficient (Wildman–Crippen LogP) is 2.57. The minimum Gasteiger partial charge on any atom is -0.409 e. The summed E-state index contributed by atoms with van der Waals surface area (Å²) in [5, 5.41) is 12.0. The molecule has 1 aromatic rings. The van der Waals surface area contributed by atoms with E-state index in [9.17, 15) is 0 Å². The lowest BCUT2D eigenvalue weighted by atomic mass is 10.0. The fourth-order valence-electron chi connectivity index (χ4n) is 2.16. The number of anilines is 1. The van der Waals surface area contributed by atoms with E-state index in [-0.39, 0.29) is 5.84 Å². The molecule has 1 aromatic carbocycles. The lowest BCUT2D eigenvalue weighted by Gasteiger charge is -2.28. The molecule has 1 rings (SSSR count). The summed E-state index contributed by atoms with van der Waals surface area (Å²) >= 11 is 0. The molecule has 0 saturated carbocycles. The molecule has 0 aliphatic rings. The number of para-hydroxylation sites is 1. The van der Waals surface area contributed by atoms with Crippen LogP contribution >= 0.6 is 0 Å². The second-order valence-electron chi connectivity index (χ2n) is 4.89. The Balaban J connectivity index is 3.27. The van der Waals surface area contributed by atoms with Gasteiger partial charge in [-0.2, -0.15) is 0 Å². The maximum Gasteiger partial charge on any atom is 0.172 e. The fraction of sp³-hybridized carbons (Fsp3) is 0.500. The Hall–Kier alpha value is -1.71. The van der Waals surface area contributed by atoms with Crippen molar-refractivity contribution in [2.45, 2.75) is 27.7 Å². The van der Waals surface area contributed by atoms with Crippen LogP contribution in [0.2, 0.25) is 0 Å². The van der Waals surface area contributed by atoms with Crippen molar-refractivity contribution in [1.82, 2.24) is 0 Å². The van der Waals surface area contributed by atoms with Crippen molar-refractivity contribution in [3.8, 4) is 0 Å². The molecule has 0 bridgehead atoms. The Bertz CT molecular complexity index is 427. The van der Waals surface area contributed by atoms with Gasteiger partial charge in [-0.15, -0.1) is 0 Å². The molecule has 0 amide bonds. The molecule has 0 radical (unpaired) electrons. The van der Waals surface area contributed by atoms with E-state index in [0.717, 1.165) is 29.9 Å². The minimum absolute atomic E-state index is 0.163. The number of oxime groups is 1. The van der Waals surface area contributed by atoms with Gasteiger partial charge < -0.3 is 15.8 Å². The quantitative estimate of drug-likeness (QED) is 0.365. The number of nitrogens with two attached hydrogens (primary N) is 1. The van der Waals surface area contributed by atoms with Gasteiger partial charge in [-0.05, 0) is 31.4 Å². The van der Waals surface area contributed by atoms with Gasteiger partial charge >= 0.3 is 0 Å². The van der Waals surface area contributed by atoms with E-state index in [0.29, 0.717) is 5.92 Å². The molecule has 4 heteroatoms. The first kappa shape index (κ1) is 14.4. The van der Waals surface area contributed by atoms with Crippen LogP contribution in [0.4, 0.5) is 5.69 Å². The topological polar surface area (TPSA) is 61.8 Å². The zero-order valence-corrected chi connectivity index (χ0v) is 11.6. The van der Waals surface area contributed by atoms with E-state index in [1.165, 1.54) is 0 Å². The molecule has 0 spiro atoms. The summed E-state index contributed by atoms with van der Waals surface area (Å²) in [6.45, 7) is 10.4. The highest BCUT2D eigenvalue weighted by atomic mass is 16.4. The summed E-state index contributed by atoms with van der Waals surface area (Å²) in [5.74, 6) is 0.723. The Kier molecular flexibility index (Phi) is 5.01. The van der Waals surface area contributed by atoms with E-state index >= 15 is 0 Å². The SMILES string of the molecule is CCN(CC(C)C)c1c(C)cccc1/C(N)=N/O. The molecule has 0 fully saturated rings. The smallest absolute Gasteiger partial charge is 0.172 e. The molecule has 0 heterocycles. The van der Waals surface area contributed by atoms with Crippen molar-refractivity contribution >= 4 is 11.5 Å². The normalized spacial score (nSPS) is 11.9. The van der Waals surface area contributed by atoms with Gasteiger partial charge in [-0.1, -0.05) is 31.1 Å². The van der Waals surface area contributed by atoms with E-state index in [1.807, 2.05) is 25.1 Å². The van der Waals surface area contributed by atoms with Crippen molar-refractivity contribution < 1.29 is 5.21 Å². The highest BCUT2D eigenvalue weighted by molar-refractivity contribution is 6.02. The second kappa shape index (κ2) is 6.28. The molecule has 0 aliphatic heterocycles. The van der Waals surface area contributed by atoms with Crippen LogP contribution in [0.5, 0.6) is 0 Å². The molecule has 4 nitrogen and oxygen atoms in total. The first-order chi connectivity index (χ1) is 8.51. The van der Waals surface area contributed by atoms with Gasteiger partial charge in [0.2, 0.25) is 0 Å². The van der Waals surface area contributed by atoms with Crippen LogP contribution in [0.25, 0.3) is 0 Å². The predicted molar refractivity (Wildman–Crippen MR) is 76.4 cm³/mol. The average molecular weight is 249 g/mol. The van der Waals surface area contributed by atoms with Crippen LogP contribution in [-0.4, -0.2) is 24.1 Å². The fourth-order valence-corrected chi connectivity index (χ4v) is 2.16. The van der Waals surface area contributed by atoms with E-state index in [4.69, 9.17) is 10.9 Å². The highest BCUT2D eigenvalue weighted by Crippen LogP contribution is 2.25. The van der Waals surface area contributed by atoms with Gasteiger partial charge in [0.05, 0.1) is 5.69 Å². The van der Waals surface area contributed by atoms with Gasteiger partial charge in [-0.3, -0.25) is 0 Å². The van der Waals surface area contributed by atoms with Crippen molar-refractivity contribution in [3.63, 3.8) is 0 Å². The third kappa shape index (κ3) is 3.15. The zero-order chi connectivity index (χ0) is 13.7. The third-order valence-electron chi connectivity index (χ3n) is 2.90. The summed E-state index contributed by atoms with van der Waals surface area (Å²) < 4.78 is 0. The van der Waals surface area contributed by atoms with Crippen LogP contribution in [0, 0.1) is 12.8 Å². The Morgan fingerprint density at radius 3 is 2.61 bits per heavy atom. The first-order valence-corrected chi connectivity index (χ1v) is 6.33. The maximum atomic E-state index is 8.88. The zero-order valence-electron chi connectivity index (χ0n) is 11.6. The first-order valence-electron chi connectivity index (χ1n) is 6.33. The second-order valence-corrected chi connectivity index (χ2v) is 4.89. The lowest BCUT2D eigenvalue weighted by molar-refractivity contribution is 0.318. The Morgan fingerprint density at radius 2 is 2.11 bits per heavy atom. The number of nitrogens with zero attached hydrogens (tertiary/aromatic N) is 2. The molecule has 18 heavy (non-hydrogen) atoms. The number of hydrogen-bond acceptors (Lipinski definition) is 3. The van der Waals surface area contributed by atoms with Crippen molar-refractivity contribution in [1.29, 1.82) is 0 Å². The summed E-state index contributed by atoms with van der Waals surface area (Å²) in [4.78, 5) is 2.27. The molecule has 0 unspecified atom stereocenters. The molecular weight excluding hydrogens is 226 g/mol. The summed E-state index contributed by atoms with van der Waals surface area (Å²) in [6, 6.07) is 5.86. The van der Waals surface area contributed by atoms with Crippen LogP contribution < -0.4 is 10.6 Å². The summed E-state index contributed by atoms with van der Waals surface area (Å²) in [7, 11) is 0. The van der Waals surface area contributed by atoms with Crippen molar-refractivity contribution in [2.75, 3.05) is 18.0 Å². The van der Waals surface area contributed by atoms with Crippen LogP contribution in [0.1, 0.15) is 31.9 Å². The van der Waals surface area contributed by atoms with Crippen molar-refractivity contribution in [2.24, 2.45) is 16.8 Å². The third-order valence-corrected chi connectivity index (χ3v) is 2.90. The lowest BCUT2D eigenvalue weighted by Crippen LogP contribution is -2.30. The van der Waals surface area contributed by atoms with E-state index in [1.54, 1.807) is 0 Å². The molecule has 0 aliphatic carbocycles. The molecule has 0 aromatic heterocycles. The standard InChI is InChI=1S/C14H23N3O/c1-5-17(9-10(2)3)13-11(4)7-6-8-12(13)14(15)16-18/h6-8,10,18H,5,9H2,1-4H3,(H2,15,16).